The monoisotopic (exact) mass is 142 g/mol. The van der Waals surface area contributed by atoms with Crippen molar-refractivity contribution in [3.63, 3.8) is 0 Å². The molecule has 2 atom stereocenters. The molecule has 0 radical (unpaired) electrons. The van der Waals surface area contributed by atoms with E-state index in [-0.39, 0.29) is 0 Å². The maximum Gasteiger partial charge on any atom is 0.00646 e. The Morgan fingerprint density at radius 1 is 1.50 bits per heavy atom. The minimum atomic E-state index is 0.739. The summed E-state index contributed by atoms with van der Waals surface area (Å²) in [6.07, 6.45) is 3.90. The molecule has 1 fully saturated rings. The lowest BCUT2D eigenvalue weighted by atomic mass is 9.94. The third-order valence-electron chi connectivity index (χ3n) is 2.44. The van der Waals surface area contributed by atoms with E-state index >= 15 is 0 Å². The molecule has 3 N–H and O–H groups in total. The van der Waals surface area contributed by atoms with Gasteiger partial charge in [-0.25, -0.2) is 0 Å². The van der Waals surface area contributed by atoms with Crippen molar-refractivity contribution in [1.29, 1.82) is 0 Å². The van der Waals surface area contributed by atoms with Crippen molar-refractivity contribution in [2.24, 2.45) is 11.7 Å². The number of piperidine rings is 1. The van der Waals surface area contributed by atoms with Crippen molar-refractivity contribution < 1.29 is 0 Å². The highest BCUT2D eigenvalue weighted by molar-refractivity contribution is 4.76. The average Bonchev–Trinajstić information content (AvgIpc) is 2.05. The highest BCUT2D eigenvalue weighted by Gasteiger charge is 2.17. The molecule has 60 valence electrons. The summed E-state index contributed by atoms with van der Waals surface area (Å²) in [6, 6.07) is 0.766. The molecule has 10 heavy (non-hydrogen) atoms. The van der Waals surface area contributed by atoms with Gasteiger partial charge in [0.2, 0.25) is 0 Å². The zero-order valence-electron chi connectivity index (χ0n) is 6.77. The second kappa shape index (κ2) is 3.94. The van der Waals surface area contributed by atoms with Gasteiger partial charge in [0.25, 0.3) is 0 Å². The van der Waals surface area contributed by atoms with Crippen LogP contribution in [0.3, 0.4) is 0 Å². The Bertz CT molecular complexity index is 73.3. The molecule has 2 nitrogen and oxygen atoms in total. The summed E-state index contributed by atoms with van der Waals surface area (Å²) >= 11 is 0. The number of nitrogens with two attached hydrogens (primary N) is 1. The van der Waals surface area contributed by atoms with Crippen LogP contribution in [0.2, 0.25) is 0 Å². The Hall–Kier alpha value is -0.0800. The van der Waals surface area contributed by atoms with Gasteiger partial charge in [0.05, 0.1) is 0 Å². The van der Waals surface area contributed by atoms with Gasteiger partial charge in [0.15, 0.2) is 0 Å². The summed E-state index contributed by atoms with van der Waals surface area (Å²) in [4.78, 5) is 0. The third kappa shape index (κ3) is 1.96. The first kappa shape index (κ1) is 8.02. The minimum Gasteiger partial charge on any atom is -0.330 e. The van der Waals surface area contributed by atoms with Crippen molar-refractivity contribution in [2.75, 3.05) is 13.1 Å². The molecule has 0 amide bonds. The molecule has 1 aliphatic rings. The van der Waals surface area contributed by atoms with E-state index in [1.807, 2.05) is 0 Å². The number of hydrogen-bond donors (Lipinski definition) is 2. The Balaban J connectivity index is 2.17. The molecule has 0 aromatic carbocycles. The summed E-state index contributed by atoms with van der Waals surface area (Å²) in [6.45, 7) is 4.22. The lowest BCUT2D eigenvalue weighted by molar-refractivity contribution is 0.310. The maximum atomic E-state index is 5.55. The van der Waals surface area contributed by atoms with Crippen molar-refractivity contribution in [1.82, 2.24) is 5.32 Å². The zero-order valence-corrected chi connectivity index (χ0v) is 6.77. The molecule has 0 spiro atoms. The highest BCUT2D eigenvalue weighted by atomic mass is 14.9. The highest BCUT2D eigenvalue weighted by Crippen LogP contribution is 2.14. The van der Waals surface area contributed by atoms with Crippen molar-refractivity contribution >= 4 is 0 Å². The molecule has 1 aliphatic heterocycles. The molecule has 0 aromatic heterocycles. The van der Waals surface area contributed by atoms with E-state index in [4.69, 9.17) is 5.73 Å². The van der Waals surface area contributed by atoms with Crippen LogP contribution in [0.1, 0.15) is 26.2 Å². The predicted molar refractivity (Wildman–Crippen MR) is 43.9 cm³/mol. The van der Waals surface area contributed by atoms with E-state index in [0.29, 0.717) is 0 Å². The van der Waals surface area contributed by atoms with Crippen LogP contribution in [0.15, 0.2) is 0 Å². The molecule has 0 aliphatic carbocycles. The number of hydrogen-bond acceptors (Lipinski definition) is 2. The van der Waals surface area contributed by atoms with Crippen LogP contribution < -0.4 is 11.1 Å². The number of rotatable bonds is 2. The smallest absolute Gasteiger partial charge is 0.00646 e. The normalized spacial score (nSPS) is 34.2. The fraction of sp³-hybridized carbons (Fsp3) is 1.00. The number of nitrogens with one attached hydrogen (secondary N) is 1. The summed E-state index contributed by atoms with van der Waals surface area (Å²) in [5.41, 5.74) is 5.55. The fourth-order valence-corrected chi connectivity index (χ4v) is 1.52. The summed E-state index contributed by atoms with van der Waals surface area (Å²) in [5.74, 6) is 0.739. The molecule has 2 heteroatoms. The molecule has 0 aromatic rings. The first-order valence-corrected chi connectivity index (χ1v) is 4.30. The van der Waals surface area contributed by atoms with E-state index < -0.39 is 0 Å². The molecule has 2 unspecified atom stereocenters. The standard InChI is InChI=1S/C8H18N2/c1-2-8-4-3-7(5-9)6-10-8/h7-8,10H,2-6,9H2,1H3. The minimum absolute atomic E-state index is 0.739. The quantitative estimate of drug-likeness (QED) is 0.596. The van der Waals surface area contributed by atoms with Crippen LogP contribution in [-0.2, 0) is 0 Å². The Kier molecular flexibility index (Phi) is 3.16. The molecule has 1 rings (SSSR count). The summed E-state index contributed by atoms with van der Waals surface area (Å²) in [5, 5.41) is 3.49. The Labute approximate surface area is 63.2 Å². The van der Waals surface area contributed by atoms with Gasteiger partial charge in [-0.2, -0.15) is 0 Å². The summed E-state index contributed by atoms with van der Waals surface area (Å²) < 4.78 is 0. The SMILES string of the molecule is CCC1CCC(CN)CN1. The molecule has 0 bridgehead atoms. The van der Waals surface area contributed by atoms with Gasteiger partial charge in [0, 0.05) is 6.04 Å². The second-order valence-electron chi connectivity index (χ2n) is 3.19. The fourth-order valence-electron chi connectivity index (χ4n) is 1.52. The van der Waals surface area contributed by atoms with Crippen LogP contribution in [-0.4, -0.2) is 19.1 Å². The van der Waals surface area contributed by atoms with E-state index in [1.165, 1.54) is 19.3 Å². The topological polar surface area (TPSA) is 38.0 Å². The molecule has 1 heterocycles. The van der Waals surface area contributed by atoms with Crippen LogP contribution >= 0.6 is 0 Å². The van der Waals surface area contributed by atoms with E-state index in [2.05, 4.69) is 12.2 Å². The maximum absolute atomic E-state index is 5.55. The van der Waals surface area contributed by atoms with Gasteiger partial charge in [-0.3, -0.25) is 0 Å². The molecular weight excluding hydrogens is 124 g/mol. The van der Waals surface area contributed by atoms with Gasteiger partial charge in [0.1, 0.15) is 0 Å². The van der Waals surface area contributed by atoms with Crippen LogP contribution in [0.25, 0.3) is 0 Å². The van der Waals surface area contributed by atoms with Gasteiger partial charge in [-0.05, 0) is 38.3 Å². The van der Waals surface area contributed by atoms with Crippen molar-refractivity contribution in [2.45, 2.75) is 32.2 Å². The summed E-state index contributed by atoms with van der Waals surface area (Å²) in [7, 11) is 0. The van der Waals surface area contributed by atoms with Gasteiger partial charge in [-0.1, -0.05) is 6.92 Å². The zero-order chi connectivity index (χ0) is 7.40. The van der Waals surface area contributed by atoms with Crippen LogP contribution in [0.5, 0.6) is 0 Å². The molecule has 0 saturated carbocycles. The van der Waals surface area contributed by atoms with Crippen molar-refractivity contribution in [3.05, 3.63) is 0 Å². The van der Waals surface area contributed by atoms with E-state index in [9.17, 15) is 0 Å². The molecular formula is C8H18N2. The largest absolute Gasteiger partial charge is 0.330 e. The van der Waals surface area contributed by atoms with Crippen LogP contribution in [0.4, 0.5) is 0 Å². The van der Waals surface area contributed by atoms with E-state index in [1.54, 1.807) is 0 Å². The Morgan fingerprint density at radius 3 is 2.70 bits per heavy atom. The first-order valence-electron chi connectivity index (χ1n) is 4.30. The van der Waals surface area contributed by atoms with Gasteiger partial charge < -0.3 is 11.1 Å². The average molecular weight is 142 g/mol. The lowest BCUT2D eigenvalue weighted by Gasteiger charge is -2.28. The van der Waals surface area contributed by atoms with Gasteiger partial charge in [-0.15, -0.1) is 0 Å². The predicted octanol–water partition coefficient (Wildman–Crippen LogP) is 0.723. The Morgan fingerprint density at radius 2 is 2.30 bits per heavy atom. The molecule has 1 saturated heterocycles. The van der Waals surface area contributed by atoms with Gasteiger partial charge >= 0.3 is 0 Å². The third-order valence-corrected chi connectivity index (χ3v) is 2.44. The van der Waals surface area contributed by atoms with Crippen LogP contribution in [0, 0.1) is 5.92 Å². The first-order chi connectivity index (χ1) is 4.86. The van der Waals surface area contributed by atoms with E-state index in [0.717, 1.165) is 25.0 Å². The second-order valence-corrected chi connectivity index (χ2v) is 3.19. The van der Waals surface area contributed by atoms with Crippen molar-refractivity contribution in [3.8, 4) is 0 Å². The lowest BCUT2D eigenvalue weighted by Crippen LogP contribution is -2.40.